The predicted octanol–water partition coefficient (Wildman–Crippen LogP) is 24.0. The third-order valence-electron chi connectivity index (χ3n) is 18.4. The number of phosphoric ester groups is 2. The number of aliphatic hydroxyl groups excluding tert-OH is 1. The number of allylic oxidation sites excluding steroid dienone is 4. The fraction of sp³-hybridized carbons (Fsp3) is 0.901. The van der Waals surface area contributed by atoms with Gasteiger partial charge in [-0.1, -0.05) is 354 Å². The van der Waals surface area contributed by atoms with Gasteiger partial charge in [0.05, 0.1) is 26.4 Å². The van der Waals surface area contributed by atoms with Crippen LogP contribution in [0.2, 0.25) is 0 Å². The molecular weight excluding hydrogens is 1310 g/mol. The standard InChI is InChI=1S/C81H154O17P2/c1-6-9-12-15-18-21-24-27-29-30-32-35-41-46-51-56-61-66-80(85)97-76(71-92-79(84)65-60-55-50-45-40-34-31-28-25-22-19-16-13-10-7-2)72-95-99(87,88)93-68-75(82)69-94-100(89,90)96-73-77(70-91-78(83)64-59-54-49-44-39-33-26-23-20-17-14-11-8-3)98-81(86)67-62-57-52-47-42-37-36-38-43-48-53-58-63-74(4)5/h22,25,28,31,74-77,82H,6-21,23-24,26-27,29-30,32-73H2,1-5H3,(H,87,88)(H,89,90)/b25-22-,31-28-/t75-,76-,77-/m1/s1. The maximum Gasteiger partial charge on any atom is 0.472 e. The van der Waals surface area contributed by atoms with Gasteiger partial charge in [-0.15, -0.1) is 0 Å². The molecule has 0 aromatic carbocycles. The van der Waals surface area contributed by atoms with E-state index in [1.807, 2.05) is 0 Å². The normalized spacial score (nSPS) is 14.0. The van der Waals surface area contributed by atoms with E-state index in [-0.39, 0.29) is 25.7 Å². The molecule has 0 bridgehead atoms. The van der Waals surface area contributed by atoms with Crippen molar-refractivity contribution in [3.63, 3.8) is 0 Å². The third kappa shape index (κ3) is 73.8. The van der Waals surface area contributed by atoms with Gasteiger partial charge < -0.3 is 33.8 Å². The Kier molecular flexibility index (Phi) is 71.6. The number of carbonyl (C=O) groups is 4. The Labute approximate surface area is 612 Å². The SMILES string of the molecule is CCCCCC/C=C\C=C/CCCCCCCC(=O)OC[C@H](COP(=O)(O)OC[C@@H](O)COP(=O)(O)OC[C@@H](COC(=O)CCCCCCCCCCCCCCC)OC(=O)CCCCCCCCCCCCCCC(C)C)OC(=O)CCCCCCCCCCCCCCCCCCC. The van der Waals surface area contributed by atoms with Crippen molar-refractivity contribution in [2.45, 2.75) is 425 Å². The van der Waals surface area contributed by atoms with Crippen molar-refractivity contribution in [3.8, 4) is 0 Å². The summed E-state index contributed by atoms with van der Waals surface area (Å²) >= 11 is 0. The molecule has 17 nitrogen and oxygen atoms in total. The fourth-order valence-corrected chi connectivity index (χ4v) is 13.6. The lowest BCUT2D eigenvalue weighted by molar-refractivity contribution is -0.161. The first-order valence-corrected chi connectivity index (χ1v) is 44.4. The summed E-state index contributed by atoms with van der Waals surface area (Å²) in [5.41, 5.74) is 0. The van der Waals surface area contributed by atoms with Crippen molar-refractivity contribution in [2.75, 3.05) is 39.6 Å². The molecule has 2 unspecified atom stereocenters. The summed E-state index contributed by atoms with van der Waals surface area (Å²) in [6, 6.07) is 0. The van der Waals surface area contributed by atoms with E-state index in [1.165, 1.54) is 212 Å². The van der Waals surface area contributed by atoms with Gasteiger partial charge >= 0.3 is 39.5 Å². The Hall–Kier alpha value is -2.46. The monoisotopic (exact) mass is 1460 g/mol. The van der Waals surface area contributed by atoms with Crippen LogP contribution in [0.15, 0.2) is 24.3 Å². The van der Waals surface area contributed by atoms with Crippen LogP contribution in [0.1, 0.15) is 407 Å². The maximum absolute atomic E-state index is 13.1. The highest BCUT2D eigenvalue weighted by atomic mass is 31.2. The smallest absolute Gasteiger partial charge is 0.462 e. The van der Waals surface area contributed by atoms with E-state index in [2.05, 4.69) is 58.9 Å². The molecule has 0 saturated heterocycles. The van der Waals surface area contributed by atoms with Crippen molar-refractivity contribution in [1.29, 1.82) is 0 Å². The highest BCUT2D eigenvalue weighted by Gasteiger charge is 2.30. The average Bonchev–Trinajstić information content (AvgIpc) is 0.937. The number of aliphatic hydroxyl groups is 1. The predicted molar refractivity (Wildman–Crippen MR) is 409 cm³/mol. The zero-order chi connectivity index (χ0) is 73.4. The first kappa shape index (κ1) is 97.5. The topological polar surface area (TPSA) is 237 Å². The zero-order valence-corrected chi connectivity index (χ0v) is 66.6. The molecule has 19 heteroatoms. The van der Waals surface area contributed by atoms with Crippen LogP contribution in [-0.4, -0.2) is 96.7 Å². The highest BCUT2D eigenvalue weighted by molar-refractivity contribution is 7.47. The molecule has 0 aliphatic carbocycles. The summed E-state index contributed by atoms with van der Waals surface area (Å²) in [7, 11) is -9.93. The lowest BCUT2D eigenvalue weighted by Gasteiger charge is -2.21. The Balaban J connectivity index is 5.30. The van der Waals surface area contributed by atoms with Crippen LogP contribution in [-0.2, 0) is 65.4 Å². The largest absolute Gasteiger partial charge is 0.472 e. The molecule has 0 radical (unpaired) electrons. The molecule has 0 fully saturated rings. The van der Waals surface area contributed by atoms with Gasteiger partial charge in [0.1, 0.15) is 19.3 Å². The molecule has 590 valence electrons. The number of rotatable bonds is 79. The number of hydrogen-bond acceptors (Lipinski definition) is 15. The fourth-order valence-electron chi connectivity index (χ4n) is 12.0. The van der Waals surface area contributed by atoms with Gasteiger partial charge in [-0.2, -0.15) is 0 Å². The lowest BCUT2D eigenvalue weighted by Crippen LogP contribution is -2.30. The highest BCUT2D eigenvalue weighted by Crippen LogP contribution is 2.45. The zero-order valence-electron chi connectivity index (χ0n) is 64.8. The lowest BCUT2D eigenvalue weighted by atomic mass is 10.0. The van der Waals surface area contributed by atoms with Gasteiger partial charge in [0.15, 0.2) is 12.2 Å². The Morgan fingerprint density at radius 2 is 0.540 bits per heavy atom. The quantitative estimate of drug-likeness (QED) is 0.0169. The second kappa shape index (κ2) is 73.4. The van der Waals surface area contributed by atoms with E-state index < -0.39 is 97.5 Å². The minimum Gasteiger partial charge on any atom is -0.462 e. The summed E-state index contributed by atoms with van der Waals surface area (Å²) in [5.74, 6) is -1.36. The summed E-state index contributed by atoms with van der Waals surface area (Å²) in [4.78, 5) is 73.0. The van der Waals surface area contributed by atoms with Crippen molar-refractivity contribution in [2.24, 2.45) is 5.92 Å². The van der Waals surface area contributed by atoms with E-state index in [9.17, 15) is 43.2 Å². The maximum atomic E-state index is 13.1. The van der Waals surface area contributed by atoms with E-state index in [0.29, 0.717) is 25.7 Å². The van der Waals surface area contributed by atoms with E-state index in [1.54, 1.807) is 0 Å². The van der Waals surface area contributed by atoms with Gasteiger partial charge in [-0.3, -0.25) is 37.3 Å². The average molecular weight is 1460 g/mol. The van der Waals surface area contributed by atoms with Gasteiger partial charge in [-0.25, -0.2) is 9.13 Å². The summed E-state index contributed by atoms with van der Waals surface area (Å²) in [6.07, 6.45) is 67.2. The molecule has 5 atom stereocenters. The van der Waals surface area contributed by atoms with Crippen LogP contribution >= 0.6 is 15.6 Å². The second-order valence-electron chi connectivity index (χ2n) is 29.0. The molecule has 3 N–H and O–H groups in total. The van der Waals surface area contributed by atoms with Crippen LogP contribution in [0, 0.1) is 5.92 Å². The molecule has 0 aromatic rings. The van der Waals surface area contributed by atoms with Crippen molar-refractivity contribution in [3.05, 3.63) is 24.3 Å². The molecule has 0 heterocycles. The van der Waals surface area contributed by atoms with Crippen LogP contribution in [0.4, 0.5) is 0 Å². The number of esters is 4. The summed E-state index contributed by atoms with van der Waals surface area (Å²) in [6.45, 7) is 7.28. The molecule has 0 aliphatic rings. The van der Waals surface area contributed by atoms with Gasteiger partial charge in [-0.05, 0) is 57.3 Å². The molecule has 0 spiro atoms. The van der Waals surface area contributed by atoms with Crippen LogP contribution in [0.5, 0.6) is 0 Å². The molecule has 100 heavy (non-hydrogen) atoms. The minimum atomic E-state index is -4.97. The molecule has 0 aromatic heterocycles. The summed E-state index contributed by atoms with van der Waals surface area (Å²) < 4.78 is 68.7. The van der Waals surface area contributed by atoms with E-state index in [4.69, 9.17) is 37.0 Å². The summed E-state index contributed by atoms with van der Waals surface area (Å²) in [5, 5.41) is 10.6. The Morgan fingerprint density at radius 1 is 0.310 bits per heavy atom. The minimum absolute atomic E-state index is 0.102. The van der Waals surface area contributed by atoms with Gasteiger partial charge in [0.2, 0.25) is 0 Å². The van der Waals surface area contributed by atoms with Crippen molar-refractivity contribution in [1.82, 2.24) is 0 Å². The van der Waals surface area contributed by atoms with Crippen LogP contribution in [0.25, 0.3) is 0 Å². The third-order valence-corrected chi connectivity index (χ3v) is 20.3. The number of hydrogen-bond donors (Lipinski definition) is 3. The number of phosphoric acid groups is 2. The molecule has 0 rings (SSSR count). The first-order chi connectivity index (χ1) is 48.5. The second-order valence-corrected chi connectivity index (χ2v) is 31.9. The van der Waals surface area contributed by atoms with Crippen molar-refractivity contribution >= 4 is 39.5 Å². The first-order valence-electron chi connectivity index (χ1n) is 41.5. The molecule has 0 saturated carbocycles. The van der Waals surface area contributed by atoms with E-state index in [0.717, 1.165) is 115 Å². The Morgan fingerprint density at radius 3 is 0.820 bits per heavy atom. The molecule has 0 amide bonds. The van der Waals surface area contributed by atoms with Gasteiger partial charge in [0, 0.05) is 25.7 Å². The van der Waals surface area contributed by atoms with Crippen molar-refractivity contribution < 1.29 is 80.2 Å². The molecule has 0 aliphatic heterocycles. The Bertz CT molecular complexity index is 2000. The van der Waals surface area contributed by atoms with Gasteiger partial charge in [0.25, 0.3) is 0 Å². The van der Waals surface area contributed by atoms with Crippen LogP contribution in [0.3, 0.4) is 0 Å². The number of unbranched alkanes of at least 4 members (excludes halogenated alkanes) is 48. The molecular formula is C81H154O17P2. The number of ether oxygens (including phenoxy) is 4. The van der Waals surface area contributed by atoms with E-state index >= 15 is 0 Å². The number of carbonyl (C=O) groups excluding carboxylic acids is 4. The van der Waals surface area contributed by atoms with Crippen LogP contribution < -0.4 is 0 Å².